The van der Waals surface area contributed by atoms with Gasteiger partial charge in [-0.15, -0.1) is 0 Å². The molecule has 0 bridgehead atoms. The fraction of sp³-hybridized carbons (Fsp3) is 0.462. The second-order valence-corrected chi connectivity index (χ2v) is 5.85. The van der Waals surface area contributed by atoms with Crippen molar-refractivity contribution in [2.45, 2.75) is 19.3 Å². The van der Waals surface area contributed by atoms with Crippen molar-refractivity contribution in [3.05, 3.63) is 29.7 Å². The first-order valence-corrected chi connectivity index (χ1v) is 7.39. The lowest BCUT2D eigenvalue weighted by atomic mass is 10.0. The minimum Gasteiger partial charge on any atom is -0.298 e. The maximum absolute atomic E-state index is 10.7. The van der Waals surface area contributed by atoms with E-state index in [1.165, 1.54) is 24.3 Å². The summed E-state index contributed by atoms with van der Waals surface area (Å²) in [5, 5.41) is 4.45. The molecule has 2 aromatic heterocycles. The van der Waals surface area contributed by atoms with Gasteiger partial charge in [0, 0.05) is 18.2 Å². The van der Waals surface area contributed by atoms with Crippen LogP contribution in [0.2, 0.25) is 0 Å². The molecule has 2 aromatic rings. The van der Waals surface area contributed by atoms with Gasteiger partial charge in [0.15, 0.2) is 17.8 Å². The van der Waals surface area contributed by atoms with Crippen LogP contribution in [0.3, 0.4) is 0 Å². The number of nitrogens with zero attached hydrogens (tertiary/aromatic N) is 3. The summed E-state index contributed by atoms with van der Waals surface area (Å²) in [6.07, 6.45) is 6.10. The van der Waals surface area contributed by atoms with E-state index in [0.717, 1.165) is 24.2 Å². The minimum atomic E-state index is 0.632. The topological polar surface area (TPSA) is 47.3 Å². The highest BCUT2D eigenvalue weighted by Gasteiger charge is 2.16. The van der Waals surface area contributed by atoms with E-state index in [9.17, 15) is 4.79 Å². The Labute approximate surface area is 110 Å². The molecular formula is C13H15N3OS. The van der Waals surface area contributed by atoms with E-state index in [4.69, 9.17) is 0 Å². The highest BCUT2D eigenvalue weighted by atomic mass is 32.2. The summed E-state index contributed by atoms with van der Waals surface area (Å²) in [5.41, 5.74) is 1.45. The quantitative estimate of drug-likeness (QED) is 0.795. The Kier molecular flexibility index (Phi) is 3.32. The van der Waals surface area contributed by atoms with E-state index in [1.807, 2.05) is 17.8 Å². The zero-order chi connectivity index (χ0) is 12.4. The molecular weight excluding hydrogens is 246 g/mol. The van der Waals surface area contributed by atoms with E-state index in [1.54, 1.807) is 16.8 Å². The third-order valence-corrected chi connectivity index (χ3v) is 4.54. The van der Waals surface area contributed by atoms with E-state index in [0.29, 0.717) is 11.5 Å². The third kappa shape index (κ3) is 2.41. The van der Waals surface area contributed by atoms with Gasteiger partial charge in [0.25, 0.3) is 0 Å². The highest BCUT2D eigenvalue weighted by Crippen LogP contribution is 2.24. The van der Waals surface area contributed by atoms with Gasteiger partial charge < -0.3 is 0 Å². The lowest BCUT2D eigenvalue weighted by molar-refractivity contribution is 0.112. The monoisotopic (exact) mass is 261 g/mol. The zero-order valence-corrected chi connectivity index (χ0v) is 10.9. The molecule has 0 aliphatic carbocycles. The van der Waals surface area contributed by atoms with Gasteiger partial charge in [0.2, 0.25) is 0 Å². The van der Waals surface area contributed by atoms with Gasteiger partial charge in [-0.05, 0) is 42.4 Å². The van der Waals surface area contributed by atoms with Crippen LogP contribution in [-0.4, -0.2) is 32.4 Å². The second kappa shape index (κ2) is 5.10. The minimum absolute atomic E-state index is 0.632. The van der Waals surface area contributed by atoms with Crippen LogP contribution in [0.25, 0.3) is 5.65 Å². The SMILES string of the molecule is O=Cc1ccc2nc(CC3CCCSC3)nn2c1. The summed E-state index contributed by atoms with van der Waals surface area (Å²) in [6.45, 7) is 0. The van der Waals surface area contributed by atoms with Crippen molar-refractivity contribution in [3.63, 3.8) is 0 Å². The van der Waals surface area contributed by atoms with Crippen LogP contribution in [0, 0.1) is 5.92 Å². The maximum atomic E-state index is 10.7. The predicted octanol–water partition coefficient (Wildman–Crippen LogP) is 2.23. The number of carbonyl (C=O) groups is 1. The summed E-state index contributed by atoms with van der Waals surface area (Å²) in [4.78, 5) is 15.2. The van der Waals surface area contributed by atoms with Crippen LogP contribution < -0.4 is 0 Å². The molecule has 3 heterocycles. The summed E-state index contributed by atoms with van der Waals surface area (Å²) in [6, 6.07) is 3.62. The summed E-state index contributed by atoms with van der Waals surface area (Å²) >= 11 is 2.03. The molecule has 1 unspecified atom stereocenters. The highest BCUT2D eigenvalue weighted by molar-refractivity contribution is 7.99. The number of hydrogen-bond donors (Lipinski definition) is 0. The fourth-order valence-electron chi connectivity index (χ4n) is 2.33. The molecule has 0 N–H and O–H groups in total. The molecule has 1 aliphatic rings. The molecule has 0 aromatic carbocycles. The Morgan fingerprint density at radius 1 is 1.50 bits per heavy atom. The molecule has 0 spiro atoms. The molecule has 5 heteroatoms. The number of thioether (sulfide) groups is 1. The lowest BCUT2D eigenvalue weighted by Crippen LogP contribution is -2.13. The van der Waals surface area contributed by atoms with Gasteiger partial charge in [-0.3, -0.25) is 4.79 Å². The first-order chi connectivity index (χ1) is 8.85. The van der Waals surface area contributed by atoms with E-state index >= 15 is 0 Å². The molecule has 1 atom stereocenters. The van der Waals surface area contributed by atoms with Gasteiger partial charge in [0.05, 0.1) is 0 Å². The molecule has 0 saturated carbocycles. The van der Waals surface area contributed by atoms with Crippen LogP contribution in [0.15, 0.2) is 18.3 Å². The third-order valence-electron chi connectivity index (χ3n) is 3.26. The van der Waals surface area contributed by atoms with Crippen molar-refractivity contribution in [1.82, 2.24) is 14.6 Å². The van der Waals surface area contributed by atoms with E-state index in [2.05, 4.69) is 10.1 Å². The van der Waals surface area contributed by atoms with Crippen LogP contribution in [0.5, 0.6) is 0 Å². The summed E-state index contributed by atoms with van der Waals surface area (Å²) < 4.78 is 1.70. The smallest absolute Gasteiger partial charge is 0.155 e. The Hall–Kier alpha value is -1.36. The van der Waals surface area contributed by atoms with Crippen LogP contribution >= 0.6 is 11.8 Å². The van der Waals surface area contributed by atoms with E-state index < -0.39 is 0 Å². The molecule has 3 rings (SSSR count). The second-order valence-electron chi connectivity index (χ2n) is 4.70. The average Bonchev–Trinajstić information content (AvgIpc) is 2.80. The van der Waals surface area contributed by atoms with Crippen LogP contribution in [0.1, 0.15) is 29.0 Å². The van der Waals surface area contributed by atoms with Crippen molar-refractivity contribution in [2.24, 2.45) is 5.92 Å². The van der Waals surface area contributed by atoms with Gasteiger partial charge in [-0.25, -0.2) is 9.50 Å². The van der Waals surface area contributed by atoms with E-state index in [-0.39, 0.29) is 0 Å². The van der Waals surface area contributed by atoms with Crippen molar-refractivity contribution < 1.29 is 4.79 Å². The van der Waals surface area contributed by atoms with Gasteiger partial charge in [-0.2, -0.15) is 16.9 Å². The Bertz CT molecular complexity index is 560. The number of pyridine rings is 1. The molecule has 1 aliphatic heterocycles. The standard InChI is InChI=1S/C13H15N3OS/c17-8-11-3-4-13-14-12(15-16(13)7-11)6-10-2-1-5-18-9-10/h3-4,7-8,10H,1-2,5-6,9H2. The van der Waals surface area contributed by atoms with Crippen molar-refractivity contribution in [3.8, 4) is 0 Å². The molecule has 0 amide bonds. The molecule has 94 valence electrons. The molecule has 4 nitrogen and oxygen atoms in total. The number of rotatable bonds is 3. The maximum Gasteiger partial charge on any atom is 0.155 e. The number of aldehydes is 1. The Balaban J connectivity index is 1.81. The number of hydrogen-bond acceptors (Lipinski definition) is 4. The number of aromatic nitrogens is 3. The lowest BCUT2D eigenvalue weighted by Gasteiger charge is -2.19. The Morgan fingerprint density at radius 2 is 2.44 bits per heavy atom. The predicted molar refractivity (Wildman–Crippen MR) is 72.1 cm³/mol. The van der Waals surface area contributed by atoms with Crippen molar-refractivity contribution in [2.75, 3.05) is 11.5 Å². The largest absolute Gasteiger partial charge is 0.298 e. The van der Waals surface area contributed by atoms with Gasteiger partial charge in [0.1, 0.15) is 0 Å². The first kappa shape index (κ1) is 11.7. The summed E-state index contributed by atoms with van der Waals surface area (Å²) in [5.74, 6) is 4.10. The summed E-state index contributed by atoms with van der Waals surface area (Å²) in [7, 11) is 0. The molecule has 1 fully saturated rings. The van der Waals surface area contributed by atoms with Gasteiger partial charge in [-0.1, -0.05) is 0 Å². The zero-order valence-electron chi connectivity index (χ0n) is 10.1. The molecule has 18 heavy (non-hydrogen) atoms. The Morgan fingerprint density at radius 3 is 3.22 bits per heavy atom. The van der Waals surface area contributed by atoms with Gasteiger partial charge >= 0.3 is 0 Å². The van der Waals surface area contributed by atoms with Crippen LogP contribution in [0.4, 0.5) is 0 Å². The first-order valence-electron chi connectivity index (χ1n) is 6.23. The number of fused-ring (bicyclic) bond motifs is 1. The van der Waals surface area contributed by atoms with Crippen molar-refractivity contribution in [1.29, 1.82) is 0 Å². The van der Waals surface area contributed by atoms with Crippen LogP contribution in [-0.2, 0) is 6.42 Å². The van der Waals surface area contributed by atoms with Crippen molar-refractivity contribution >= 4 is 23.7 Å². The molecule has 0 radical (unpaired) electrons. The fourth-order valence-corrected chi connectivity index (χ4v) is 3.48. The normalized spacial score (nSPS) is 20.1. The molecule has 1 saturated heterocycles. The number of carbonyl (C=O) groups excluding carboxylic acids is 1. The average molecular weight is 261 g/mol.